The van der Waals surface area contributed by atoms with E-state index >= 15 is 0 Å². The molecule has 3 aromatic rings. The molecule has 17 nitrogen and oxygen atoms in total. The maximum absolute atomic E-state index is 13.1. The van der Waals surface area contributed by atoms with Crippen LogP contribution in [-0.2, 0) is 29.2 Å². The molecule has 1 saturated heterocycles. The molecule has 5 atom stereocenters. The molecule has 3 heterocycles. The van der Waals surface area contributed by atoms with Crippen molar-refractivity contribution in [2.75, 3.05) is 6.61 Å². The number of phosphoric acid groups is 2. The van der Waals surface area contributed by atoms with Crippen LogP contribution in [0.25, 0.3) is 11.0 Å². The van der Waals surface area contributed by atoms with E-state index in [1.165, 1.54) is 12.1 Å². The smallest absolute Gasteiger partial charge is 0.405 e. The third-order valence-electron chi connectivity index (χ3n) is 5.38. The van der Waals surface area contributed by atoms with Crippen LogP contribution in [0.4, 0.5) is 13.2 Å². The van der Waals surface area contributed by atoms with Crippen LogP contribution in [-0.4, -0.2) is 70.5 Å². The number of rotatable bonds is 9. The van der Waals surface area contributed by atoms with E-state index in [0.717, 1.165) is 18.3 Å². The Labute approximate surface area is 218 Å². The SMILES string of the molecule is O=c1ccn([C@@H]2O[C@H](COP(=O)(O)OP(=O)(O)O)[C@H](O)C2O)c(=O)n1Cc1noc2cccc(OC(F)(F)F)c12. The van der Waals surface area contributed by atoms with Gasteiger partial charge in [-0.3, -0.25) is 18.5 Å². The molecule has 22 heteroatoms. The number of ether oxygens (including phenoxy) is 2. The van der Waals surface area contributed by atoms with E-state index < -0.39 is 76.7 Å². The van der Waals surface area contributed by atoms with Crippen molar-refractivity contribution in [2.45, 2.75) is 37.4 Å². The van der Waals surface area contributed by atoms with Gasteiger partial charge in [0.1, 0.15) is 29.8 Å². The number of phosphoric ester groups is 1. The summed E-state index contributed by atoms with van der Waals surface area (Å²) in [6.07, 6.45) is -11.4. The summed E-state index contributed by atoms with van der Waals surface area (Å²) in [7, 11) is -10.8. The van der Waals surface area contributed by atoms with Gasteiger partial charge in [0.2, 0.25) is 0 Å². The summed E-state index contributed by atoms with van der Waals surface area (Å²) in [4.78, 5) is 52.3. The van der Waals surface area contributed by atoms with Crippen molar-refractivity contribution in [1.29, 1.82) is 0 Å². The summed E-state index contributed by atoms with van der Waals surface area (Å²) in [6, 6.07) is 4.26. The van der Waals surface area contributed by atoms with Gasteiger partial charge in [-0.2, -0.15) is 4.31 Å². The first-order valence-corrected chi connectivity index (χ1v) is 13.7. The number of nitrogens with zero attached hydrogens (tertiary/aromatic N) is 3. The number of aromatic nitrogens is 3. The highest BCUT2D eigenvalue weighted by Crippen LogP contribution is 2.57. The van der Waals surface area contributed by atoms with Gasteiger partial charge in [0.15, 0.2) is 11.8 Å². The lowest BCUT2D eigenvalue weighted by Crippen LogP contribution is -2.43. The topological polar surface area (TPSA) is 242 Å². The Kier molecular flexibility index (Phi) is 8.14. The van der Waals surface area contributed by atoms with Crippen molar-refractivity contribution < 1.29 is 70.0 Å². The van der Waals surface area contributed by atoms with Crippen LogP contribution in [0.5, 0.6) is 5.75 Å². The van der Waals surface area contributed by atoms with Crippen LogP contribution in [0.2, 0.25) is 0 Å². The average Bonchev–Trinajstić information content (AvgIpc) is 3.35. The predicted octanol–water partition coefficient (Wildman–Crippen LogP) is -0.0564. The first-order chi connectivity index (χ1) is 18.5. The Balaban J connectivity index is 1.61. The van der Waals surface area contributed by atoms with E-state index in [9.17, 15) is 47.0 Å². The van der Waals surface area contributed by atoms with E-state index in [2.05, 4.69) is 18.7 Å². The van der Waals surface area contributed by atoms with Gasteiger partial charge in [0.25, 0.3) is 5.56 Å². The highest BCUT2D eigenvalue weighted by molar-refractivity contribution is 7.60. The third kappa shape index (κ3) is 6.69. The van der Waals surface area contributed by atoms with Crippen molar-refractivity contribution in [1.82, 2.24) is 14.3 Å². The largest absolute Gasteiger partial charge is 0.573 e. The van der Waals surface area contributed by atoms with Crippen LogP contribution in [0.3, 0.4) is 0 Å². The van der Waals surface area contributed by atoms with Gasteiger partial charge in [0.05, 0.1) is 18.5 Å². The van der Waals surface area contributed by atoms with Crippen LogP contribution in [0, 0.1) is 0 Å². The predicted molar refractivity (Wildman–Crippen MR) is 120 cm³/mol. The number of aliphatic hydroxyl groups is 2. The van der Waals surface area contributed by atoms with E-state index in [1.54, 1.807) is 0 Å². The molecule has 2 unspecified atom stereocenters. The maximum Gasteiger partial charge on any atom is 0.573 e. The molecule has 1 fully saturated rings. The molecule has 5 N–H and O–H groups in total. The molecule has 40 heavy (non-hydrogen) atoms. The minimum atomic E-state index is -5.45. The molecule has 220 valence electrons. The van der Waals surface area contributed by atoms with Crippen molar-refractivity contribution >= 4 is 26.6 Å². The van der Waals surface area contributed by atoms with E-state index in [0.29, 0.717) is 9.13 Å². The summed E-state index contributed by atoms with van der Waals surface area (Å²) < 4.78 is 84.4. The Bertz CT molecular complexity index is 1610. The van der Waals surface area contributed by atoms with Crippen LogP contribution < -0.4 is 16.0 Å². The quantitative estimate of drug-likeness (QED) is 0.197. The molecular weight excluding hydrogens is 601 g/mol. The van der Waals surface area contributed by atoms with Gasteiger partial charge in [-0.1, -0.05) is 11.2 Å². The van der Waals surface area contributed by atoms with Crippen molar-refractivity contribution in [3.63, 3.8) is 0 Å². The standard InChI is InChI=1S/C18H18F3N3O14P2/c19-18(20,21)36-9-2-1-3-10-13(9)8(22-37-10)6-24-12(25)4-5-23(17(24)28)16-15(27)14(26)11(35-16)7-34-40(32,33)38-39(29,30)31/h1-5,11,14-16,26-27H,6-7H2,(H,32,33)(H2,29,30,31)/t11-,14+,15?,16-/m1/s1. The number of hydrogen-bond acceptors (Lipinski definition) is 12. The number of hydrogen-bond donors (Lipinski definition) is 5. The van der Waals surface area contributed by atoms with Gasteiger partial charge >= 0.3 is 27.7 Å². The molecule has 0 spiro atoms. The molecule has 0 radical (unpaired) electrons. The number of benzene rings is 1. The monoisotopic (exact) mass is 619 g/mol. The Morgan fingerprint density at radius 2 is 1.77 bits per heavy atom. The molecule has 0 saturated carbocycles. The lowest BCUT2D eigenvalue weighted by molar-refractivity contribution is -0.274. The van der Waals surface area contributed by atoms with E-state index in [1.807, 2.05) is 0 Å². The Morgan fingerprint density at radius 1 is 1.07 bits per heavy atom. The number of aliphatic hydroxyl groups excluding tert-OH is 2. The van der Waals surface area contributed by atoms with Gasteiger partial charge in [-0.05, 0) is 12.1 Å². The molecule has 2 aromatic heterocycles. The van der Waals surface area contributed by atoms with Crippen molar-refractivity contribution in [3.8, 4) is 5.75 Å². The molecule has 0 amide bonds. The molecule has 1 aliphatic rings. The summed E-state index contributed by atoms with van der Waals surface area (Å²) in [5.41, 5.74) is -2.58. The van der Waals surface area contributed by atoms with E-state index in [-0.39, 0.29) is 16.7 Å². The highest BCUT2D eigenvalue weighted by Gasteiger charge is 2.46. The van der Waals surface area contributed by atoms with Gasteiger partial charge in [-0.15, -0.1) is 13.2 Å². The fraction of sp³-hybridized carbons (Fsp3) is 0.389. The Hall–Kier alpha value is -2.90. The lowest BCUT2D eigenvalue weighted by Gasteiger charge is -2.19. The third-order valence-corrected chi connectivity index (χ3v) is 7.53. The van der Waals surface area contributed by atoms with Gasteiger partial charge in [0, 0.05) is 12.3 Å². The second kappa shape index (κ2) is 10.8. The van der Waals surface area contributed by atoms with Crippen molar-refractivity contribution in [3.05, 3.63) is 57.0 Å². The fourth-order valence-electron chi connectivity index (χ4n) is 3.78. The van der Waals surface area contributed by atoms with Crippen LogP contribution in [0.15, 0.2) is 44.6 Å². The first-order valence-electron chi connectivity index (χ1n) is 10.7. The highest BCUT2D eigenvalue weighted by atomic mass is 31.3. The summed E-state index contributed by atoms with van der Waals surface area (Å²) in [5.74, 6) is -0.713. The number of fused-ring (bicyclic) bond motifs is 1. The summed E-state index contributed by atoms with van der Waals surface area (Å²) in [5, 5.41) is 24.0. The normalized spacial score (nSPS) is 23.4. The molecule has 1 aromatic carbocycles. The second-order valence-corrected chi connectivity index (χ2v) is 10.9. The van der Waals surface area contributed by atoms with Gasteiger partial charge in [-0.25, -0.2) is 13.9 Å². The van der Waals surface area contributed by atoms with Crippen molar-refractivity contribution in [2.24, 2.45) is 0 Å². The summed E-state index contributed by atoms with van der Waals surface area (Å²) >= 11 is 0. The van der Waals surface area contributed by atoms with Crippen LogP contribution in [0.1, 0.15) is 11.9 Å². The molecule has 0 aliphatic carbocycles. The zero-order chi connectivity index (χ0) is 29.6. The minimum Gasteiger partial charge on any atom is -0.405 e. The zero-order valence-corrected chi connectivity index (χ0v) is 21.2. The number of halogens is 3. The second-order valence-electron chi connectivity index (χ2n) is 8.12. The Morgan fingerprint density at radius 3 is 2.42 bits per heavy atom. The minimum absolute atomic E-state index is 0.148. The lowest BCUT2D eigenvalue weighted by atomic mass is 10.1. The average molecular weight is 619 g/mol. The number of alkyl halides is 3. The van der Waals surface area contributed by atoms with E-state index in [4.69, 9.17) is 19.0 Å². The van der Waals surface area contributed by atoms with Crippen LogP contribution >= 0.6 is 15.6 Å². The fourth-order valence-corrected chi connectivity index (χ4v) is 5.38. The maximum atomic E-state index is 13.1. The molecule has 0 bridgehead atoms. The molecule has 1 aliphatic heterocycles. The molecular formula is C18H18F3N3O14P2. The van der Waals surface area contributed by atoms with Gasteiger partial charge < -0.3 is 38.9 Å². The zero-order valence-electron chi connectivity index (χ0n) is 19.4. The summed E-state index contributed by atoms with van der Waals surface area (Å²) in [6.45, 7) is -1.78. The first kappa shape index (κ1) is 30.1. The molecule has 4 rings (SSSR count).